The predicted octanol–water partition coefficient (Wildman–Crippen LogP) is 3.42. The maximum atomic E-state index is 2.45. The summed E-state index contributed by atoms with van der Waals surface area (Å²) >= 11 is 0. The first-order chi connectivity index (χ1) is 8.35. The summed E-state index contributed by atoms with van der Waals surface area (Å²) in [7, 11) is 0. The summed E-state index contributed by atoms with van der Waals surface area (Å²) in [6.07, 6.45) is 7.38. The average Bonchev–Trinajstić information content (AvgIpc) is 2.73. The molecule has 2 heteroatoms. The van der Waals surface area contributed by atoms with Crippen LogP contribution < -0.4 is 0 Å². The highest BCUT2D eigenvalue weighted by Crippen LogP contribution is 2.21. The van der Waals surface area contributed by atoms with Crippen molar-refractivity contribution in [2.45, 2.75) is 39.4 Å². The van der Waals surface area contributed by atoms with Gasteiger partial charge < -0.3 is 9.80 Å². The molecule has 0 spiro atoms. The van der Waals surface area contributed by atoms with Crippen molar-refractivity contribution in [2.75, 3.05) is 6.54 Å². The Kier molecular flexibility index (Phi) is 4.08. The highest BCUT2D eigenvalue weighted by molar-refractivity contribution is 5.15. The molecule has 1 aliphatic heterocycles. The average molecular weight is 230 g/mol. The third-order valence-electron chi connectivity index (χ3n) is 3.27. The van der Waals surface area contributed by atoms with Crippen LogP contribution in [-0.4, -0.2) is 22.5 Å². The Morgan fingerprint density at radius 3 is 2.35 bits per heavy atom. The Balaban J connectivity index is 2.00. The van der Waals surface area contributed by atoms with Gasteiger partial charge in [-0.25, -0.2) is 0 Å². The first kappa shape index (κ1) is 12.0. The first-order valence-corrected chi connectivity index (χ1v) is 6.59. The van der Waals surface area contributed by atoms with Crippen molar-refractivity contribution < 1.29 is 0 Å². The third-order valence-corrected chi connectivity index (χ3v) is 3.27. The SMILES string of the molecule is CCCN1C=CN(Cc2ccccc2)C1CC. The van der Waals surface area contributed by atoms with Crippen LogP contribution in [0.4, 0.5) is 0 Å². The molecule has 0 saturated carbocycles. The minimum Gasteiger partial charge on any atom is -0.356 e. The Hall–Kier alpha value is -1.44. The zero-order chi connectivity index (χ0) is 12.1. The molecule has 1 atom stereocenters. The molecule has 1 heterocycles. The van der Waals surface area contributed by atoms with E-state index in [1.165, 1.54) is 18.4 Å². The molecule has 1 aromatic rings. The summed E-state index contributed by atoms with van der Waals surface area (Å²) in [6, 6.07) is 10.7. The Labute approximate surface area is 105 Å². The van der Waals surface area contributed by atoms with Gasteiger partial charge in [0.1, 0.15) is 6.17 Å². The zero-order valence-corrected chi connectivity index (χ0v) is 10.8. The van der Waals surface area contributed by atoms with Gasteiger partial charge in [0.2, 0.25) is 0 Å². The summed E-state index contributed by atoms with van der Waals surface area (Å²) in [5.41, 5.74) is 1.38. The van der Waals surface area contributed by atoms with Crippen LogP contribution in [0.15, 0.2) is 42.7 Å². The lowest BCUT2D eigenvalue weighted by molar-refractivity contribution is 0.142. The Morgan fingerprint density at radius 1 is 1.00 bits per heavy atom. The molecule has 0 fully saturated rings. The zero-order valence-electron chi connectivity index (χ0n) is 10.8. The van der Waals surface area contributed by atoms with E-state index in [4.69, 9.17) is 0 Å². The highest BCUT2D eigenvalue weighted by atomic mass is 15.4. The molecule has 1 aromatic carbocycles. The van der Waals surface area contributed by atoms with Gasteiger partial charge in [-0.15, -0.1) is 0 Å². The van der Waals surface area contributed by atoms with E-state index >= 15 is 0 Å². The van der Waals surface area contributed by atoms with Crippen LogP contribution in [0.2, 0.25) is 0 Å². The number of hydrogen-bond acceptors (Lipinski definition) is 2. The Bertz CT molecular complexity index is 358. The van der Waals surface area contributed by atoms with Crippen LogP contribution in [0.5, 0.6) is 0 Å². The third kappa shape index (κ3) is 2.82. The molecule has 0 radical (unpaired) electrons. The van der Waals surface area contributed by atoms with Crippen LogP contribution in [0.25, 0.3) is 0 Å². The van der Waals surface area contributed by atoms with Crippen molar-refractivity contribution in [3.63, 3.8) is 0 Å². The molecule has 1 aliphatic rings. The number of rotatable bonds is 5. The van der Waals surface area contributed by atoms with E-state index in [1.54, 1.807) is 0 Å². The fourth-order valence-electron chi connectivity index (χ4n) is 2.46. The normalized spacial score (nSPS) is 19.1. The lowest BCUT2D eigenvalue weighted by Crippen LogP contribution is -2.37. The van der Waals surface area contributed by atoms with Gasteiger partial charge in [0, 0.05) is 25.5 Å². The van der Waals surface area contributed by atoms with E-state index in [0.717, 1.165) is 13.1 Å². The molecular weight excluding hydrogens is 208 g/mol. The van der Waals surface area contributed by atoms with Crippen LogP contribution in [0, 0.1) is 0 Å². The van der Waals surface area contributed by atoms with Gasteiger partial charge in [0.05, 0.1) is 0 Å². The maximum absolute atomic E-state index is 2.45. The fraction of sp³-hybridized carbons (Fsp3) is 0.467. The molecule has 17 heavy (non-hydrogen) atoms. The van der Waals surface area contributed by atoms with E-state index in [1.807, 2.05) is 0 Å². The smallest absolute Gasteiger partial charge is 0.101 e. The van der Waals surface area contributed by atoms with Crippen molar-refractivity contribution in [3.05, 3.63) is 48.3 Å². The second-order valence-corrected chi connectivity index (χ2v) is 4.58. The number of nitrogens with zero attached hydrogens (tertiary/aromatic N) is 2. The second kappa shape index (κ2) is 5.76. The standard InChI is InChI=1S/C15H22N2/c1-3-10-16-11-12-17(15(16)4-2)13-14-8-6-5-7-9-14/h5-9,11-12,15H,3-4,10,13H2,1-2H3. The predicted molar refractivity (Wildman–Crippen MR) is 72.2 cm³/mol. The van der Waals surface area contributed by atoms with Crippen molar-refractivity contribution in [2.24, 2.45) is 0 Å². The van der Waals surface area contributed by atoms with Gasteiger partial charge in [-0.1, -0.05) is 44.2 Å². The minimum absolute atomic E-state index is 0.537. The van der Waals surface area contributed by atoms with E-state index in [0.29, 0.717) is 6.17 Å². The second-order valence-electron chi connectivity index (χ2n) is 4.58. The molecular formula is C15H22N2. The van der Waals surface area contributed by atoms with Gasteiger partial charge >= 0.3 is 0 Å². The van der Waals surface area contributed by atoms with E-state index in [2.05, 4.69) is 66.4 Å². The number of benzene rings is 1. The molecule has 0 aromatic heterocycles. The van der Waals surface area contributed by atoms with Gasteiger partial charge in [0.15, 0.2) is 0 Å². The monoisotopic (exact) mass is 230 g/mol. The quantitative estimate of drug-likeness (QED) is 0.764. The fourth-order valence-corrected chi connectivity index (χ4v) is 2.46. The molecule has 0 N–H and O–H groups in total. The van der Waals surface area contributed by atoms with Crippen molar-refractivity contribution in [3.8, 4) is 0 Å². The molecule has 0 bridgehead atoms. The molecule has 0 aliphatic carbocycles. The van der Waals surface area contributed by atoms with E-state index in [9.17, 15) is 0 Å². The van der Waals surface area contributed by atoms with Gasteiger partial charge in [-0.3, -0.25) is 0 Å². The maximum Gasteiger partial charge on any atom is 0.101 e. The van der Waals surface area contributed by atoms with Crippen LogP contribution >= 0.6 is 0 Å². The topological polar surface area (TPSA) is 6.48 Å². The largest absolute Gasteiger partial charge is 0.356 e. The van der Waals surface area contributed by atoms with Crippen LogP contribution in [-0.2, 0) is 6.54 Å². The molecule has 0 amide bonds. The Morgan fingerprint density at radius 2 is 1.71 bits per heavy atom. The molecule has 1 unspecified atom stereocenters. The first-order valence-electron chi connectivity index (χ1n) is 6.59. The lowest BCUT2D eigenvalue weighted by atomic mass is 10.2. The highest BCUT2D eigenvalue weighted by Gasteiger charge is 2.23. The van der Waals surface area contributed by atoms with Gasteiger partial charge in [-0.05, 0) is 18.4 Å². The summed E-state index contributed by atoms with van der Waals surface area (Å²) in [5, 5.41) is 0. The van der Waals surface area contributed by atoms with Crippen molar-refractivity contribution in [1.29, 1.82) is 0 Å². The lowest BCUT2D eigenvalue weighted by Gasteiger charge is -2.32. The molecule has 2 rings (SSSR count). The van der Waals surface area contributed by atoms with Crippen molar-refractivity contribution in [1.82, 2.24) is 9.80 Å². The molecule has 0 saturated heterocycles. The molecule has 92 valence electrons. The van der Waals surface area contributed by atoms with Crippen LogP contribution in [0.3, 0.4) is 0 Å². The summed E-state index contributed by atoms with van der Waals surface area (Å²) in [5.74, 6) is 0. The van der Waals surface area contributed by atoms with Gasteiger partial charge in [0.25, 0.3) is 0 Å². The van der Waals surface area contributed by atoms with E-state index < -0.39 is 0 Å². The summed E-state index contributed by atoms with van der Waals surface area (Å²) in [4.78, 5) is 4.88. The van der Waals surface area contributed by atoms with Gasteiger partial charge in [-0.2, -0.15) is 0 Å². The summed E-state index contributed by atoms with van der Waals surface area (Å²) < 4.78 is 0. The summed E-state index contributed by atoms with van der Waals surface area (Å²) in [6.45, 7) is 6.66. The number of hydrogen-bond donors (Lipinski definition) is 0. The van der Waals surface area contributed by atoms with Crippen molar-refractivity contribution >= 4 is 0 Å². The van der Waals surface area contributed by atoms with E-state index in [-0.39, 0.29) is 0 Å². The molecule has 2 nitrogen and oxygen atoms in total. The van der Waals surface area contributed by atoms with Crippen LogP contribution in [0.1, 0.15) is 32.3 Å². The minimum atomic E-state index is 0.537.